The maximum absolute atomic E-state index is 11.9. The van der Waals surface area contributed by atoms with Gasteiger partial charge in [0.05, 0.1) is 0 Å². The van der Waals surface area contributed by atoms with E-state index in [0.29, 0.717) is 0 Å². The van der Waals surface area contributed by atoms with Crippen molar-refractivity contribution >= 4 is 0 Å². The number of alkyl halides is 2. The molecule has 0 saturated heterocycles. The van der Waals surface area contributed by atoms with Crippen molar-refractivity contribution in [3.05, 3.63) is 24.1 Å². The van der Waals surface area contributed by atoms with Gasteiger partial charge in [0.1, 0.15) is 6.33 Å². The van der Waals surface area contributed by atoms with Gasteiger partial charge in [-0.15, -0.1) is 0 Å². The monoisotopic (exact) mass is 194 g/mol. The Balaban J connectivity index is 5.00. The van der Waals surface area contributed by atoms with Crippen molar-refractivity contribution in [2.75, 3.05) is 0 Å². The van der Waals surface area contributed by atoms with Crippen molar-refractivity contribution in [2.24, 2.45) is 0 Å². The average molecular weight is 194 g/mol. The fourth-order valence-electron chi connectivity index (χ4n) is 0.292. The Morgan fingerprint density at radius 1 is 1.00 bits per heavy atom. The van der Waals surface area contributed by atoms with E-state index in [1.807, 2.05) is 0 Å². The van der Waals surface area contributed by atoms with Crippen molar-refractivity contribution in [1.82, 2.24) is 0 Å². The average Bonchev–Trinajstić information content (AvgIpc) is 2.01. The SMILES string of the molecule is FC=C(F)C(F)(F)C(F)=C(F)F. The maximum Gasteiger partial charge on any atom is 0.357 e. The van der Waals surface area contributed by atoms with Gasteiger partial charge >= 0.3 is 12.0 Å². The van der Waals surface area contributed by atoms with Crippen LogP contribution in [0.3, 0.4) is 0 Å². The van der Waals surface area contributed by atoms with E-state index >= 15 is 0 Å². The molecular weight excluding hydrogens is 193 g/mol. The van der Waals surface area contributed by atoms with E-state index in [1.165, 1.54) is 0 Å². The predicted octanol–water partition coefficient (Wildman–Crippen LogP) is 3.48. The molecule has 0 unspecified atom stereocenters. The third-order valence-electron chi connectivity index (χ3n) is 0.837. The van der Waals surface area contributed by atoms with Gasteiger partial charge in [-0.05, 0) is 0 Å². The van der Waals surface area contributed by atoms with Crippen LogP contribution in [0, 0.1) is 0 Å². The first-order valence-corrected chi connectivity index (χ1v) is 2.39. The summed E-state index contributed by atoms with van der Waals surface area (Å²) >= 11 is 0. The molecule has 0 radical (unpaired) electrons. The third kappa shape index (κ3) is 1.99. The fraction of sp³-hybridized carbons (Fsp3) is 0.200. The lowest BCUT2D eigenvalue weighted by atomic mass is 10.3. The Morgan fingerprint density at radius 3 is 1.67 bits per heavy atom. The molecule has 0 N–H and O–H groups in total. The quantitative estimate of drug-likeness (QED) is 0.590. The summed E-state index contributed by atoms with van der Waals surface area (Å²) < 4.78 is 80.4. The Bertz CT molecular complexity index is 222. The second kappa shape index (κ2) is 3.59. The molecule has 70 valence electrons. The molecule has 0 aromatic heterocycles. The van der Waals surface area contributed by atoms with E-state index < -0.39 is 30.0 Å². The highest BCUT2D eigenvalue weighted by Gasteiger charge is 2.44. The van der Waals surface area contributed by atoms with Crippen LogP contribution >= 0.6 is 0 Å². The molecule has 0 amide bonds. The normalized spacial score (nSPS) is 13.1. The number of rotatable bonds is 2. The Labute approximate surface area is 62.0 Å². The van der Waals surface area contributed by atoms with Crippen molar-refractivity contribution in [3.8, 4) is 0 Å². The molecule has 7 heteroatoms. The molecule has 0 aliphatic heterocycles. The highest BCUT2D eigenvalue weighted by molar-refractivity contribution is 5.18. The first-order valence-electron chi connectivity index (χ1n) is 2.39. The molecule has 0 rings (SSSR count). The zero-order valence-electron chi connectivity index (χ0n) is 5.22. The van der Waals surface area contributed by atoms with Crippen LogP contribution in [0.25, 0.3) is 0 Å². The molecule has 0 bridgehead atoms. The molecule has 0 nitrogen and oxygen atoms in total. The van der Waals surface area contributed by atoms with Crippen LogP contribution < -0.4 is 0 Å². The van der Waals surface area contributed by atoms with Crippen molar-refractivity contribution in [3.63, 3.8) is 0 Å². The maximum atomic E-state index is 11.9. The molecule has 0 aromatic carbocycles. The molecule has 0 heterocycles. The molecule has 0 aliphatic carbocycles. The van der Waals surface area contributed by atoms with E-state index in [1.54, 1.807) is 0 Å². The van der Waals surface area contributed by atoms with Crippen LogP contribution in [0.15, 0.2) is 24.1 Å². The van der Waals surface area contributed by atoms with Gasteiger partial charge in [0.2, 0.25) is 11.7 Å². The van der Waals surface area contributed by atoms with Crippen LogP contribution in [0.2, 0.25) is 0 Å². The highest BCUT2D eigenvalue weighted by atomic mass is 19.3. The highest BCUT2D eigenvalue weighted by Crippen LogP contribution is 2.36. The van der Waals surface area contributed by atoms with Crippen molar-refractivity contribution < 1.29 is 30.7 Å². The van der Waals surface area contributed by atoms with Crippen molar-refractivity contribution in [2.45, 2.75) is 5.92 Å². The van der Waals surface area contributed by atoms with Crippen molar-refractivity contribution in [1.29, 1.82) is 0 Å². The van der Waals surface area contributed by atoms with Gasteiger partial charge in [-0.1, -0.05) is 0 Å². The predicted molar refractivity (Wildman–Crippen MR) is 25.6 cm³/mol. The third-order valence-corrected chi connectivity index (χ3v) is 0.837. The van der Waals surface area contributed by atoms with Crippen LogP contribution in [0.5, 0.6) is 0 Å². The second-order valence-corrected chi connectivity index (χ2v) is 1.61. The van der Waals surface area contributed by atoms with Gasteiger partial charge in [0.15, 0.2) is 0 Å². The summed E-state index contributed by atoms with van der Waals surface area (Å²) in [5.41, 5.74) is 0. The lowest BCUT2D eigenvalue weighted by Crippen LogP contribution is -2.18. The van der Waals surface area contributed by atoms with E-state index in [0.717, 1.165) is 0 Å². The lowest BCUT2D eigenvalue weighted by molar-refractivity contribution is 0.0247. The summed E-state index contributed by atoms with van der Waals surface area (Å²) in [6.45, 7) is 0. The second-order valence-electron chi connectivity index (χ2n) is 1.61. The van der Waals surface area contributed by atoms with E-state index in [4.69, 9.17) is 0 Å². The van der Waals surface area contributed by atoms with E-state index in [2.05, 4.69) is 0 Å². The Morgan fingerprint density at radius 2 is 1.42 bits per heavy atom. The molecule has 0 saturated carbocycles. The molecule has 0 atom stereocenters. The zero-order valence-corrected chi connectivity index (χ0v) is 5.22. The number of halogens is 7. The number of allylic oxidation sites excluding steroid dienone is 2. The van der Waals surface area contributed by atoms with Gasteiger partial charge in [-0.25, -0.2) is 8.78 Å². The summed E-state index contributed by atoms with van der Waals surface area (Å²) in [7, 11) is 0. The molecule has 0 fully saturated rings. The van der Waals surface area contributed by atoms with Crippen LogP contribution in [-0.2, 0) is 0 Å². The van der Waals surface area contributed by atoms with Gasteiger partial charge in [-0.2, -0.15) is 22.0 Å². The standard InChI is InChI=1S/C5HF7/c6-1-2(7)5(11,12)3(8)4(9)10/h1H. The minimum absolute atomic E-state index is 1.29. The van der Waals surface area contributed by atoms with Crippen LogP contribution in [0.1, 0.15) is 0 Å². The molecule has 12 heavy (non-hydrogen) atoms. The molecule has 0 aliphatic rings. The van der Waals surface area contributed by atoms with Gasteiger partial charge in [0.25, 0.3) is 0 Å². The summed E-state index contributed by atoms with van der Waals surface area (Å²) in [5, 5.41) is 0. The largest absolute Gasteiger partial charge is 0.357 e. The number of hydrogen-bond donors (Lipinski definition) is 0. The Kier molecular flexibility index (Phi) is 3.29. The topological polar surface area (TPSA) is 0 Å². The van der Waals surface area contributed by atoms with Crippen LogP contribution in [0.4, 0.5) is 30.7 Å². The zero-order chi connectivity index (χ0) is 9.94. The van der Waals surface area contributed by atoms with Gasteiger partial charge < -0.3 is 0 Å². The molecule has 0 spiro atoms. The Hall–Kier alpha value is -1.01. The van der Waals surface area contributed by atoms with Gasteiger partial charge in [0, 0.05) is 0 Å². The summed E-state index contributed by atoms with van der Waals surface area (Å²) in [6, 6.07) is 0. The van der Waals surface area contributed by atoms with E-state index in [-0.39, 0.29) is 0 Å². The summed E-state index contributed by atoms with van der Waals surface area (Å²) in [6.07, 6.45) is -4.68. The van der Waals surface area contributed by atoms with Gasteiger partial charge in [-0.3, -0.25) is 0 Å². The first-order chi connectivity index (χ1) is 5.34. The minimum atomic E-state index is -5.23. The fourth-order valence-corrected chi connectivity index (χ4v) is 0.292. The lowest BCUT2D eigenvalue weighted by Gasteiger charge is -2.08. The van der Waals surface area contributed by atoms with E-state index in [9.17, 15) is 30.7 Å². The number of hydrogen-bond acceptors (Lipinski definition) is 0. The molecule has 0 aromatic rings. The molecular formula is C5HF7. The minimum Gasteiger partial charge on any atom is -0.212 e. The first kappa shape index (κ1) is 11.0. The summed E-state index contributed by atoms with van der Waals surface area (Å²) in [4.78, 5) is 0. The van der Waals surface area contributed by atoms with Crippen LogP contribution in [-0.4, -0.2) is 5.92 Å². The smallest absolute Gasteiger partial charge is 0.212 e. The summed E-state index contributed by atoms with van der Waals surface area (Å²) in [5.74, 6) is -11.4.